The summed E-state index contributed by atoms with van der Waals surface area (Å²) in [5.41, 5.74) is 0. The SMILES string of the molecule is CC(CN(CCCO)C(=O)/C=C/c1ccco1)C(=O)O. The smallest absolute Gasteiger partial charge is 0.308 e. The van der Waals surface area contributed by atoms with E-state index in [1.54, 1.807) is 12.1 Å². The van der Waals surface area contributed by atoms with E-state index < -0.39 is 11.9 Å². The quantitative estimate of drug-likeness (QED) is 0.699. The van der Waals surface area contributed by atoms with Crippen LogP contribution in [0.5, 0.6) is 0 Å². The molecule has 0 aromatic carbocycles. The minimum absolute atomic E-state index is 0.0485. The summed E-state index contributed by atoms with van der Waals surface area (Å²) in [6.45, 7) is 1.91. The number of carboxylic acids is 1. The van der Waals surface area contributed by atoms with Gasteiger partial charge >= 0.3 is 5.97 Å². The zero-order valence-electron chi connectivity index (χ0n) is 11.4. The molecule has 1 rings (SSSR count). The number of carboxylic acid groups (broad SMARTS) is 1. The van der Waals surface area contributed by atoms with Crippen molar-refractivity contribution < 1.29 is 24.2 Å². The van der Waals surface area contributed by atoms with Gasteiger partial charge in [0, 0.05) is 25.8 Å². The number of carbonyl (C=O) groups is 2. The van der Waals surface area contributed by atoms with Crippen molar-refractivity contribution in [1.29, 1.82) is 0 Å². The molecule has 1 unspecified atom stereocenters. The summed E-state index contributed by atoms with van der Waals surface area (Å²) in [6.07, 6.45) is 4.78. The summed E-state index contributed by atoms with van der Waals surface area (Å²) in [7, 11) is 0. The molecule has 20 heavy (non-hydrogen) atoms. The van der Waals surface area contributed by atoms with E-state index in [0.717, 1.165) is 0 Å². The summed E-state index contributed by atoms with van der Waals surface area (Å²) < 4.78 is 5.07. The van der Waals surface area contributed by atoms with Crippen molar-refractivity contribution in [2.75, 3.05) is 19.7 Å². The third kappa shape index (κ3) is 5.27. The lowest BCUT2D eigenvalue weighted by atomic mass is 10.1. The van der Waals surface area contributed by atoms with Gasteiger partial charge in [-0.3, -0.25) is 9.59 Å². The van der Waals surface area contributed by atoms with Gasteiger partial charge in [-0.25, -0.2) is 0 Å². The molecule has 0 bridgehead atoms. The molecular formula is C14H19NO5. The second-order valence-electron chi connectivity index (χ2n) is 4.45. The molecular weight excluding hydrogens is 262 g/mol. The fourth-order valence-electron chi connectivity index (χ4n) is 1.61. The van der Waals surface area contributed by atoms with Crippen molar-refractivity contribution in [3.63, 3.8) is 0 Å². The third-order valence-corrected chi connectivity index (χ3v) is 2.75. The number of furan rings is 1. The van der Waals surface area contributed by atoms with Crippen LogP contribution in [-0.4, -0.2) is 46.7 Å². The van der Waals surface area contributed by atoms with E-state index >= 15 is 0 Å². The lowest BCUT2D eigenvalue weighted by Crippen LogP contribution is -2.37. The van der Waals surface area contributed by atoms with Crippen LogP contribution < -0.4 is 0 Å². The normalized spacial score (nSPS) is 12.5. The lowest BCUT2D eigenvalue weighted by molar-refractivity contribution is -0.142. The van der Waals surface area contributed by atoms with Crippen molar-refractivity contribution >= 4 is 18.0 Å². The Labute approximate surface area is 117 Å². The molecule has 1 aromatic heterocycles. The molecule has 0 aliphatic heterocycles. The van der Waals surface area contributed by atoms with Gasteiger partial charge in [-0.2, -0.15) is 0 Å². The molecule has 2 N–H and O–H groups in total. The van der Waals surface area contributed by atoms with Crippen LogP contribution in [0.4, 0.5) is 0 Å². The Morgan fingerprint density at radius 2 is 2.25 bits per heavy atom. The summed E-state index contributed by atoms with van der Waals surface area (Å²) in [5.74, 6) is -1.37. The van der Waals surface area contributed by atoms with E-state index in [1.165, 1.54) is 30.2 Å². The van der Waals surface area contributed by atoms with Crippen molar-refractivity contribution in [2.24, 2.45) is 5.92 Å². The van der Waals surface area contributed by atoms with Crippen LogP contribution in [0.15, 0.2) is 28.9 Å². The maximum atomic E-state index is 12.0. The highest BCUT2D eigenvalue weighted by Gasteiger charge is 2.18. The summed E-state index contributed by atoms with van der Waals surface area (Å²) >= 11 is 0. The van der Waals surface area contributed by atoms with E-state index in [1.807, 2.05) is 0 Å². The van der Waals surface area contributed by atoms with Gasteiger partial charge < -0.3 is 19.5 Å². The van der Waals surface area contributed by atoms with E-state index in [2.05, 4.69) is 0 Å². The highest BCUT2D eigenvalue weighted by Crippen LogP contribution is 2.06. The fourth-order valence-corrected chi connectivity index (χ4v) is 1.61. The Morgan fingerprint density at radius 3 is 2.80 bits per heavy atom. The summed E-state index contributed by atoms with van der Waals surface area (Å²) in [6, 6.07) is 3.42. The maximum absolute atomic E-state index is 12.0. The Hall–Kier alpha value is -2.08. The van der Waals surface area contributed by atoms with Gasteiger partial charge in [-0.05, 0) is 24.6 Å². The minimum Gasteiger partial charge on any atom is -0.481 e. The minimum atomic E-state index is -0.957. The standard InChI is InChI=1S/C14H19NO5/c1-11(14(18)19)10-15(7-3-8-16)13(17)6-5-12-4-2-9-20-12/h2,4-6,9,11,16H,3,7-8,10H2,1H3,(H,18,19)/b6-5+. The zero-order valence-corrected chi connectivity index (χ0v) is 11.4. The van der Waals surface area contributed by atoms with Crippen molar-refractivity contribution in [1.82, 2.24) is 4.90 Å². The van der Waals surface area contributed by atoms with E-state index in [0.29, 0.717) is 18.7 Å². The number of aliphatic hydroxyl groups excluding tert-OH is 1. The first-order valence-corrected chi connectivity index (χ1v) is 6.38. The third-order valence-electron chi connectivity index (χ3n) is 2.75. The molecule has 6 heteroatoms. The van der Waals surface area contributed by atoms with Gasteiger partial charge in [0.2, 0.25) is 5.91 Å². The predicted molar refractivity (Wildman–Crippen MR) is 72.8 cm³/mol. The van der Waals surface area contributed by atoms with Crippen molar-refractivity contribution in [3.05, 3.63) is 30.2 Å². The number of aliphatic hydroxyl groups is 1. The zero-order chi connectivity index (χ0) is 15.0. The molecule has 110 valence electrons. The average Bonchev–Trinajstić information content (AvgIpc) is 2.93. The molecule has 1 atom stereocenters. The number of amides is 1. The van der Waals surface area contributed by atoms with Gasteiger partial charge in [-0.15, -0.1) is 0 Å². The van der Waals surface area contributed by atoms with Crippen LogP contribution in [0.2, 0.25) is 0 Å². The second kappa shape index (κ2) is 8.16. The largest absolute Gasteiger partial charge is 0.481 e. The van der Waals surface area contributed by atoms with Gasteiger partial charge in [0.25, 0.3) is 0 Å². The first-order chi connectivity index (χ1) is 9.54. The first-order valence-electron chi connectivity index (χ1n) is 6.38. The molecule has 1 amide bonds. The maximum Gasteiger partial charge on any atom is 0.308 e. The monoisotopic (exact) mass is 281 g/mol. The number of hydrogen-bond acceptors (Lipinski definition) is 4. The van der Waals surface area contributed by atoms with Crippen molar-refractivity contribution in [3.8, 4) is 0 Å². The Kier molecular flexibility index (Phi) is 6.52. The van der Waals surface area contributed by atoms with Crippen LogP contribution in [0, 0.1) is 5.92 Å². The fraction of sp³-hybridized carbons (Fsp3) is 0.429. The Bertz CT molecular complexity index is 452. The number of nitrogens with zero attached hydrogens (tertiary/aromatic N) is 1. The Morgan fingerprint density at radius 1 is 1.50 bits per heavy atom. The van der Waals surface area contributed by atoms with Crippen LogP contribution in [0.3, 0.4) is 0 Å². The predicted octanol–water partition coefficient (Wildman–Crippen LogP) is 1.22. The average molecular weight is 281 g/mol. The van der Waals surface area contributed by atoms with Crippen LogP contribution in [0.25, 0.3) is 6.08 Å². The molecule has 0 saturated heterocycles. The molecule has 0 aliphatic rings. The van der Waals surface area contributed by atoms with E-state index in [-0.39, 0.29) is 19.1 Å². The van der Waals surface area contributed by atoms with Crippen LogP contribution in [-0.2, 0) is 9.59 Å². The van der Waals surface area contributed by atoms with Crippen LogP contribution in [0.1, 0.15) is 19.1 Å². The molecule has 1 aromatic rings. The topological polar surface area (TPSA) is 91.0 Å². The molecule has 0 spiro atoms. The summed E-state index contributed by atoms with van der Waals surface area (Å²) in [5, 5.41) is 17.7. The number of hydrogen-bond donors (Lipinski definition) is 2. The van der Waals surface area contributed by atoms with Gasteiger partial charge in [0.15, 0.2) is 0 Å². The first kappa shape index (κ1) is 16.0. The second-order valence-corrected chi connectivity index (χ2v) is 4.45. The number of rotatable bonds is 8. The lowest BCUT2D eigenvalue weighted by Gasteiger charge is -2.22. The molecule has 0 aliphatic carbocycles. The van der Waals surface area contributed by atoms with Gasteiger partial charge in [0.05, 0.1) is 12.2 Å². The molecule has 0 fully saturated rings. The molecule has 1 heterocycles. The number of carbonyl (C=O) groups excluding carboxylic acids is 1. The molecule has 6 nitrogen and oxygen atoms in total. The van der Waals surface area contributed by atoms with E-state index in [4.69, 9.17) is 14.6 Å². The Balaban J connectivity index is 2.65. The highest BCUT2D eigenvalue weighted by molar-refractivity contribution is 5.91. The van der Waals surface area contributed by atoms with Gasteiger partial charge in [-0.1, -0.05) is 6.92 Å². The summed E-state index contributed by atoms with van der Waals surface area (Å²) in [4.78, 5) is 24.3. The number of aliphatic carboxylic acids is 1. The molecule has 0 radical (unpaired) electrons. The van der Waals surface area contributed by atoms with Crippen molar-refractivity contribution in [2.45, 2.75) is 13.3 Å². The van der Waals surface area contributed by atoms with Crippen LogP contribution >= 0.6 is 0 Å². The molecule has 0 saturated carbocycles. The van der Waals surface area contributed by atoms with Gasteiger partial charge in [0.1, 0.15) is 5.76 Å². The highest BCUT2D eigenvalue weighted by atomic mass is 16.4. The van der Waals surface area contributed by atoms with E-state index in [9.17, 15) is 9.59 Å².